The second-order valence-corrected chi connectivity index (χ2v) is 4.69. The average Bonchev–Trinajstić information content (AvgIpc) is 2.86. The van der Waals surface area contributed by atoms with E-state index < -0.39 is 0 Å². The van der Waals surface area contributed by atoms with Crippen molar-refractivity contribution >= 4 is 27.3 Å². The molecule has 0 spiro atoms. The van der Waals surface area contributed by atoms with Crippen LogP contribution in [0.4, 0.5) is 5.82 Å². The molecule has 0 aromatic carbocycles. The summed E-state index contributed by atoms with van der Waals surface area (Å²) in [6, 6.07) is 0.320. The molecule has 6 heteroatoms. The fraction of sp³-hybridized carbons (Fsp3) is 0.400. The van der Waals surface area contributed by atoms with Gasteiger partial charge in [-0.05, 0) is 35.3 Å². The topological polar surface area (TPSA) is 68.2 Å². The molecule has 1 aliphatic heterocycles. The van der Waals surface area contributed by atoms with Crippen LogP contribution >= 0.6 is 15.9 Å². The Labute approximate surface area is 101 Å². The Morgan fingerprint density at radius 3 is 3.19 bits per heavy atom. The second kappa shape index (κ2) is 3.71. The summed E-state index contributed by atoms with van der Waals surface area (Å²) in [5, 5.41) is 3.43. The normalized spacial score (nSPS) is 20.7. The Bertz CT molecular complexity index is 529. The molecule has 3 N–H and O–H groups in total. The maximum Gasteiger partial charge on any atom is 0.150 e. The van der Waals surface area contributed by atoms with Gasteiger partial charge in [-0.3, -0.25) is 4.40 Å². The molecule has 0 saturated carbocycles. The number of nitrogens with zero attached hydrogens (tertiary/aromatic N) is 3. The van der Waals surface area contributed by atoms with Crippen LogP contribution in [0.3, 0.4) is 0 Å². The molecule has 5 nitrogen and oxygen atoms in total. The molecule has 3 rings (SSSR count). The molecule has 1 saturated heterocycles. The van der Waals surface area contributed by atoms with E-state index in [0.29, 0.717) is 11.9 Å². The molecule has 84 valence electrons. The summed E-state index contributed by atoms with van der Waals surface area (Å²) in [5.74, 6) is 1.51. The molecule has 1 atom stereocenters. The molecule has 0 amide bonds. The molecule has 0 bridgehead atoms. The van der Waals surface area contributed by atoms with Gasteiger partial charge in [0.2, 0.25) is 0 Å². The van der Waals surface area contributed by atoms with Crippen LogP contribution in [0.5, 0.6) is 0 Å². The predicted octanol–water partition coefficient (Wildman–Crippen LogP) is 1.50. The van der Waals surface area contributed by atoms with Gasteiger partial charge in [-0.25, -0.2) is 9.97 Å². The van der Waals surface area contributed by atoms with Gasteiger partial charge >= 0.3 is 0 Å². The zero-order valence-corrected chi connectivity index (χ0v) is 10.2. The zero-order chi connectivity index (χ0) is 11.1. The Morgan fingerprint density at radius 1 is 1.56 bits per heavy atom. The van der Waals surface area contributed by atoms with Crippen molar-refractivity contribution in [2.24, 2.45) is 0 Å². The maximum absolute atomic E-state index is 5.85. The van der Waals surface area contributed by atoms with Crippen molar-refractivity contribution in [3.05, 3.63) is 22.8 Å². The van der Waals surface area contributed by atoms with E-state index >= 15 is 0 Å². The SMILES string of the molecule is Nc1nccn2c(C3CCCN3)nc(Br)c12. The first-order valence-electron chi connectivity index (χ1n) is 5.28. The number of aromatic nitrogens is 3. The lowest BCUT2D eigenvalue weighted by Crippen LogP contribution is -2.15. The van der Waals surface area contributed by atoms with Crippen LogP contribution < -0.4 is 11.1 Å². The number of hydrogen-bond acceptors (Lipinski definition) is 4. The molecule has 3 heterocycles. The zero-order valence-electron chi connectivity index (χ0n) is 8.65. The van der Waals surface area contributed by atoms with E-state index in [1.807, 2.05) is 10.6 Å². The van der Waals surface area contributed by atoms with Crippen LogP contribution in [0, 0.1) is 0 Å². The number of rotatable bonds is 1. The second-order valence-electron chi connectivity index (χ2n) is 3.94. The summed E-state index contributed by atoms with van der Waals surface area (Å²) in [4.78, 5) is 8.60. The van der Waals surface area contributed by atoms with Crippen molar-refractivity contribution in [2.75, 3.05) is 12.3 Å². The van der Waals surface area contributed by atoms with Crippen molar-refractivity contribution in [3.63, 3.8) is 0 Å². The lowest BCUT2D eigenvalue weighted by Gasteiger charge is -2.08. The highest BCUT2D eigenvalue weighted by Gasteiger charge is 2.23. The standard InChI is InChI=1S/C10H12BrN5/c11-8-7-9(12)14-4-5-16(7)10(15-8)6-2-1-3-13-6/h4-6,13H,1-3H2,(H2,12,14). The van der Waals surface area contributed by atoms with Gasteiger partial charge in [0.1, 0.15) is 15.9 Å². The number of nitrogen functional groups attached to an aromatic ring is 1. The minimum absolute atomic E-state index is 0.320. The van der Waals surface area contributed by atoms with Crippen LogP contribution in [0.15, 0.2) is 17.0 Å². The van der Waals surface area contributed by atoms with Crippen LogP contribution in [-0.2, 0) is 0 Å². The van der Waals surface area contributed by atoms with Gasteiger partial charge in [0, 0.05) is 12.4 Å². The number of nitrogens with one attached hydrogen (secondary N) is 1. The molecule has 1 fully saturated rings. The summed E-state index contributed by atoms with van der Waals surface area (Å²) in [6.45, 7) is 1.05. The van der Waals surface area contributed by atoms with Gasteiger partial charge in [0.05, 0.1) is 6.04 Å². The molecule has 1 unspecified atom stereocenters. The van der Waals surface area contributed by atoms with Gasteiger partial charge < -0.3 is 11.1 Å². The molecule has 16 heavy (non-hydrogen) atoms. The van der Waals surface area contributed by atoms with Crippen LogP contribution in [0.2, 0.25) is 0 Å². The highest BCUT2D eigenvalue weighted by Crippen LogP contribution is 2.29. The van der Waals surface area contributed by atoms with Crippen molar-refractivity contribution in [1.29, 1.82) is 0 Å². The molecule has 2 aromatic rings. The molecule has 0 radical (unpaired) electrons. The fourth-order valence-corrected chi connectivity index (χ4v) is 2.77. The third-order valence-corrected chi connectivity index (χ3v) is 3.49. The number of imidazole rings is 1. The first-order chi connectivity index (χ1) is 7.77. The summed E-state index contributed by atoms with van der Waals surface area (Å²) >= 11 is 3.44. The van der Waals surface area contributed by atoms with Crippen LogP contribution in [0.1, 0.15) is 24.7 Å². The van der Waals surface area contributed by atoms with E-state index in [-0.39, 0.29) is 0 Å². The summed E-state index contributed by atoms with van der Waals surface area (Å²) in [5.41, 5.74) is 6.70. The highest BCUT2D eigenvalue weighted by atomic mass is 79.9. The molecular weight excluding hydrogens is 270 g/mol. The maximum atomic E-state index is 5.85. The molecule has 1 aliphatic rings. The monoisotopic (exact) mass is 281 g/mol. The Balaban J connectivity index is 2.22. The third kappa shape index (κ3) is 1.41. The first-order valence-corrected chi connectivity index (χ1v) is 6.08. The van der Waals surface area contributed by atoms with E-state index in [1.165, 1.54) is 6.42 Å². The lowest BCUT2D eigenvalue weighted by atomic mass is 10.2. The van der Waals surface area contributed by atoms with Gasteiger partial charge in [0.15, 0.2) is 5.82 Å². The van der Waals surface area contributed by atoms with Gasteiger partial charge in [-0.2, -0.15) is 0 Å². The van der Waals surface area contributed by atoms with Crippen LogP contribution in [0.25, 0.3) is 5.52 Å². The van der Waals surface area contributed by atoms with Crippen molar-refractivity contribution in [2.45, 2.75) is 18.9 Å². The van der Waals surface area contributed by atoms with E-state index in [9.17, 15) is 0 Å². The van der Waals surface area contributed by atoms with E-state index in [2.05, 4.69) is 31.2 Å². The van der Waals surface area contributed by atoms with Crippen molar-refractivity contribution < 1.29 is 0 Å². The molecular formula is C10H12BrN5. The highest BCUT2D eigenvalue weighted by molar-refractivity contribution is 9.10. The minimum atomic E-state index is 0.320. The Hall–Kier alpha value is -1.14. The van der Waals surface area contributed by atoms with Crippen molar-refractivity contribution in [1.82, 2.24) is 19.7 Å². The number of halogens is 1. The summed E-state index contributed by atoms with van der Waals surface area (Å²) in [6.07, 6.45) is 5.92. The molecule has 2 aromatic heterocycles. The van der Waals surface area contributed by atoms with E-state index in [4.69, 9.17) is 5.73 Å². The third-order valence-electron chi connectivity index (χ3n) is 2.94. The van der Waals surface area contributed by atoms with Gasteiger partial charge in [0.25, 0.3) is 0 Å². The number of fused-ring (bicyclic) bond motifs is 1. The van der Waals surface area contributed by atoms with Gasteiger partial charge in [-0.15, -0.1) is 0 Å². The predicted molar refractivity (Wildman–Crippen MR) is 65.1 cm³/mol. The fourth-order valence-electron chi connectivity index (χ4n) is 2.19. The summed E-state index contributed by atoms with van der Waals surface area (Å²) < 4.78 is 2.77. The lowest BCUT2D eigenvalue weighted by molar-refractivity contribution is 0.602. The molecule has 0 aliphatic carbocycles. The average molecular weight is 282 g/mol. The van der Waals surface area contributed by atoms with Gasteiger partial charge in [-0.1, -0.05) is 0 Å². The Kier molecular flexibility index (Phi) is 2.33. The largest absolute Gasteiger partial charge is 0.382 e. The smallest absolute Gasteiger partial charge is 0.150 e. The van der Waals surface area contributed by atoms with E-state index in [0.717, 1.165) is 28.9 Å². The van der Waals surface area contributed by atoms with E-state index in [1.54, 1.807) is 6.20 Å². The quantitative estimate of drug-likeness (QED) is 0.831. The summed E-state index contributed by atoms with van der Waals surface area (Å²) in [7, 11) is 0. The number of anilines is 1. The number of nitrogens with two attached hydrogens (primary N) is 1. The van der Waals surface area contributed by atoms with Crippen molar-refractivity contribution in [3.8, 4) is 0 Å². The number of hydrogen-bond donors (Lipinski definition) is 2. The first kappa shape index (κ1) is 10.0. The van der Waals surface area contributed by atoms with Crippen LogP contribution in [-0.4, -0.2) is 20.9 Å². The minimum Gasteiger partial charge on any atom is -0.382 e. The Morgan fingerprint density at radius 2 is 2.44 bits per heavy atom.